The highest BCUT2D eigenvalue weighted by Gasteiger charge is 2.31. The first-order chi connectivity index (χ1) is 14.7. The molecule has 31 heavy (non-hydrogen) atoms. The number of carbonyl (C=O) groups excluding carboxylic acids is 1. The first-order valence-electron chi connectivity index (χ1n) is 9.84. The maximum absolute atomic E-state index is 12.5. The molecule has 0 saturated carbocycles. The third-order valence-corrected chi connectivity index (χ3v) is 5.51. The van der Waals surface area contributed by atoms with Crippen LogP contribution in [0.3, 0.4) is 0 Å². The molecule has 10 heteroatoms. The van der Waals surface area contributed by atoms with Crippen molar-refractivity contribution in [2.75, 3.05) is 29.9 Å². The number of aromatic nitrogens is 3. The van der Waals surface area contributed by atoms with Crippen molar-refractivity contribution in [3.63, 3.8) is 0 Å². The van der Waals surface area contributed by atoms with Gasteiger partial charge in [0, 0.05) is 49.2 Å². The number of hydrogen-bond acceptors (Lipinski definition) is 7. The van der Waals surface area contributed by atoms with Gasteiger partial charge in [-0.3, -0.25) is 4.99 Å². The van der Waals surface area contributed by atoms with E-state index in [1.54, 1.807) is 19.4 Å². The molecular formula is C21H22Cl2N6O2. The maximum Gasteiger partial charge on any atom is 0.416 e. The Morgan fingerprint density at radius 3 is 2.77 bits per heavy atom. The zero-order valence-corrected chi connectivity index (χ0v) is 19.2. The molecule has 1 amide bonds. The number of anilines is 2. The van der Waals surface area contributed by atoms with Crippen molar-refractivity contribution in [3.8, 4) is 0 Å². The van der Waals surface area contributed by atoms with Gasteiger partial charge in [-0.2, -0.15) is 4.98 Å². The van der Waals surface area contributed by atoms with Crippen molar-refractivity contribution in [2.24, 2.45) is 4.99 Å². The summed E-state index contributed by atoms with van der Waals surface area (Å²) in [6.07, 6.45) is 5.58. The van der Waals surface area contributed by atoms with Crippen molar-refractivity contribution in [2.45, 2.75) is 32.8 Å². The van der Waals surface area contributed by atoms with Crippen LogP contribution < -0.4 is 9.80 Å². The van der Waals surface area contributed by atoms with E-state index in [-0.39, 0.29) is 11.1 Å². The average molecular weight is 461 g/mol. The maximum atomic E-state index is 12.5. The number of rotatable bonds is 2. The van der Waals surface area contributed by atoms with E-state index in [2.05, 4.69) is 15.0 Å². The van der Waals surface area contributed by atoms with Crippen LogP contribution in [-0.2, 0) is 4.74 Å². The lowest BCUT2D eigenvalue weighted by Gasteiger charge is -2.34. The van der Waals surface area contributed by atoms with E-state index in [1.807, 2.05) is 37.8 Å². The standard InChI is InChI=1S/C21H22Cl2N6O2/c1-21(2,3)31-20(30)28(4)19-26-11-12-10-14(13-6-8-24-16(23)15(13)22)18-25-7-5-9-29(18)17(12)27-19/h6,8,10-11H,5,7,9H2,1-4H3. The summed E-state index contributed by atoms with van der Waals surface area (Å²) in [5.74, 6) is 1.69. The fraction of sp³-hybridized carbons (Fsp3) is 0.381. The molecule has 0 N–H and O–H groups in total. The molecule has 0 saturated heterocycles. The number of ether oxygens (including phenoxy) is 1. The van der Waals surface area contributed by atoms with Gasteiger partial charge in [0.15, 0.2) is 0 Å². The normalized spacial score (nSPS) is 15.5. The number of nitrogens with zero attached hydrogens (tertiary/aromatic N) is 6. The number of hydrogen-bond donors (Lipinski definition) is 0. The molecule has 2 aromatic heterocycles. The van der Waals surface area contributed by atoms with E-state index in [9.17, 15) is 4.79 Å². The number of amides is 1. The van der Waals surface area contributed by atoms with Crippen LogP contribution in [0.1, 0.15) is 38.3 Å². The van der Waals surface area contributed by atoms with Gasteiger partial charge in [0.05, 0.1) is 5.02 Å². The fourth-order valence-corrected chi connectivity index (χ4v) is 3.72. The van der Waals surface area contributed by atoms with Crippen LogP contribution in [-0.4, -0.2) is 52.6 Å². The van der Waals surface area contributed by atoms with Gasteiger partial charge < -0.3 is 9.64 Å². The van der Waals surface area contributed by atoms with Crippen LogP contribution in [0.25, 0.3) is 11.6 Å². The van der Waals surface area contributed by atoms with Gasteiger partial charge in [0.25, 0.3) is 0 Å². The number of pyridine rings is 1. The third-order valence-electron chi connectivity index (χ3n) is 4.74. The zero-order valence-electron chi connectivity index (χ0n) is 17.7. The van der Waals surface area contributed by atoms with Crippen LogP contribution >= 0.6 is 23.2 Å². The summed E-state index contributed by atoms with van der Waals surface area (Å²) in [6, 6.07) is 1.81. The molecule has 0 aliphatic carbocycles. The van der Waals surface area contributed by atoms with Crippen molar-refractivity contribution >= 4 is 58.5 Å². The minimum atomic E-state index is -0.616. The average Bonchev–Trinajstić information content (AvgIpc) is 2.73. The lowest BCUT2D eigenvalue weighted by atomic mass is 9.98. The van der Waals surface area contributed by atoms with E-state index in [0.29, 0.717) is 17.4 Å². The fourth-order valence-electron chi connectivity index (χ4n) is 3.35. The first kappa shape index (κ1) is 21.5. The Hall–Kier alpha value is -2.71. The van der Waals surface area contributed by atoms with Crippen molar-refractivity contribution < 1.29 is 9.53 Å². The Bertz CT molecular complexity index is 1110. The first-order valence-corrected chi connectivity index (χ1v) is 10.6. The molecule has 2 aromatic rings. The van der Waals surface area contributed by atoms with Gasteiger partial charge in [-0.15, -0.1) is 0 Å². The Labute approximate surface area is 190 Å². The van der Waals surface area contributed by atoms with Gasteiger partial charge in [-0.25, -0.2) is 19.7 Å². The van der Waals surface area contributed by atoms with E-state index >= 15 is 0 Å². The smallest absolute Gasteiger partial charge is 0.416 e. The number of halogens is 2. The summed E-state index contributed by atoms with van der Waals surface area (Å²) in [7, 11) is 1.59. The summed E-state index contributed by atoms with van der Waals surface area (Å²) in [5.41, 5.74) is 1.75. The topological polar surface area (TPSA) is 83.8 Å². The minimum Gasteiger partial charge on any atom is -0.443 e. The van der Waals surface area contributed by atoms with Crippen molar-refractivity contribution in [1.82, 2.24) is 15.0 Å². The highest BCUT2D eigenvalue weighted by Crippen LogP contribution is 2.38. The second kappa shape index (κ2) is 8.09. The zero-order chi connectivity index (χ0) is 22.3. The summed E-state index contributed by atoms with van der Waals surface area (Å²) >= 11 is 12.6. The number of amidine groups is 1. The summed E-state index contributed by atoms with van der Waals surface area (Å²) in [4.78, 5) is 33.6. The molecule has 0 unspecified atom stereocenters. The van der Waals surface area contributed by atoms with Gasteiger partial charge in [-0.1, -0.05) is 23.2 Å². The molecule has 0 radical (unpaired) electrons. The molecular weight excluding hydrogens is 439 g/mol. The van der Waals surface area contributed by atoms with Crippen LogP contribution in [0, 0.1) is 0 Å². The van der Waals surface area contributed by atoms with Gasteiger partial charge in [0.1, 0.15) is 22.4 Å². The Morgan fingerprint density at radius 1 is 1.26 bits per heavy atom. The lowest BCUT2D eigenvalue weighted by Crippen LogP contribution is -2.40. The molecule has 0 atom stereocenters. The van der Waals surface area contributed by atoms with Gasteiger partial charge >= 0.3 is 6.09 Å². The van der Waals surface area contributed by atoms with Crippen LogP contribution in [0.15, 0.2) is 23.5 Å². The highest BCUT2D eigenvalue weighted by molar-refractivity contribution is 6.45. The van der Waals surface area contributed by atoms with E-state index in [0.717, 1.165) is 35.5 Å². The summed E-state index contributed by atoms with van der Waals surface area (Å²) in [5, 5.41) is 0.605. The molecule has 2 aliphatic heterocycles. The van der Waals surface area contributed by atoms with E-state index < -0.39 is 11.7 Å². The SMILES string of the molecule is CN(C(=O)OC(C)(C)C)c1ncc2c(n1)N1CCCN=C1C(c1ccnc(Cl)c1Cl)=C2. The van der Waals surface area contributed by atoms with Crippen LogP contribution in [0.5, 0.6) is 0 Å². The number of aliphatic imine (C=N–C) groups is 1. The summed E-state index contributed by atoms with van der Waals surface area (Å²) < 4.78 is 5.43. The highest BCUT2D eigenvalue weighted by atomic mass is 35.5. The second-order valence-corrected chi connectivity index (χ2v) is 8.96. The van der Waals surface area contributed by atoms with Crippen molar-refractivity contribution in [3.05, 3.63) is 39.8 Å². The van der Waals surface area contributed by atoms with E-state index in [1.165, 1.54) is 4.90 Å². The van der Waals surface area contributed by atoms with Crippen molar-refractivity contribution in [1.29, 1.82) is 0 Å². The van der Waals surface area contributed by atoms with Crippen LogP contribution in [0.4, 0.5) is 16.6 Å². The van der Waals surface area contributed by atoms with Gasteiger partial charge in [0.2, 0.25) is 5.95 Å². The summed E-state index contributed by atoms with van der Waals surface area (Å²) in [6.45, 7) is 6.86. The Balaban J connectivity index is 1.77. The predicted molar refractivity (Wildman–Crippen MR) is 123 cm³/mol. The van der Waals surface area contributed by atoms with Gasteiger partial charge in [-0.05, 0) is 39.3 Å². The molecule has 0 bridgehead atoms. The predicted octanol–water partition coefficient (Wildman–Crippen LogP) is 4.71. The Morgan fingerprint density at radius 2 is 2.03 bits per heavy atom. The molecule has 0 spiro atoms. The minimum absolute atomic E-state index is 0.236. The number of fused-ring (bicyclic) bond motifs is 3. The molecule has 162 valence electrons. The molecule has 2 aliphatic rings. The molecule has 4 rings (SSSR count). The molecule has 4 heterocycles. The van der Waals surface area contributed by atoms with E-state index in [4.69, 9.17) is 32.9 Å². The number of carbonyl (C=O) groups is 1. The largest absolute Gasteiger partial charge is 0.443 e. The molecule has 0 aromatic carbocycles. The monoisotopic (exact) mass is 460 g/mol. The molecule has 8 nitrogen and oxygen atoms in total. The quantitative estimate of drug-likeness (QED) is 0.603. The van der Waals surface area contributed by atoms with Crippen LogP contribution in [0.2, 0.25) is 10.2 Å². The molecule has 0 fully saturated rings. The lowest BCUT2D eigenvalue weighted by molar-refractivity contribution is 0.0587. The Kier molecular flexibility index (Phi) is 5.61. The third kappa shape index (κ3) is 4.22. The second-order valence-electron chi connectivity index (χ2n) is 8.22.